The van der Waals surface area contributed by atoms with Gasteiger partial charge in [0, 0.05) is 20.7 Å². The number of methoxy groups -OCH3 is 1. The second-order valence-corrected chi connectivity index (χ2v) is 3.52. The molecule has 0 bridgehead atoms. The van der Waals surface area contributed by atoms with E-state index in [2.05, 4.69) is 0 Å². The van der Waals surface area contributed by atoms with Gasteiger partial charge in [-0.1, -0.05) is 13.8 Å². The summed E-state index contributed by atoms with van der Waals surface area (Å²) in [5.74, 6) is 0.157. The lowest BCUT2D eigenvalue weighted by Crippen LogP contribution is -2.45. The summed E-state index contributed by atoms with van der Waals surface area (Å²) in [6, 6.07) is -0.401. The fourth-order valence-electron chi connectivity index (χ4n) is 0.878. The first-order chi connectivity index (χ1) is 6.00. The van der Waals surface area contributed by atoms with E-state index in [4.69, 9.17) is 10.5 Å². The van der Waals surface area contributed by atoms with Crippen LogP contribution in [0.2, 0.25) is 0 Å². The molecule has 0 spiro atoms. The molecule has 0 heterocycles. The Labute approximate surface area is 80.0 Å². The smallest absolute Gasteiger partial charge is 0.239 e. The van der Waals surface area contributed by atoms with Gasteiger partial charge in [-0.3, -0.25) is 4.79 Å². The van der Waals surface area contributed by atoms with E-state index in [-0.39, 0.29) is 11.8 Å². The Balaban J connectivity index is 3.94. The van der Waals surface area contributed by atoms with E-state index in [1.807, 2.05) is 13.8 Å². The van der Waals surface area contributed by atoms with Crippen LogP contribution in [0.15, 0.2) is 0 Å². The molecule has 0 aliphatic rings. The number of hydrogen-bond donors (Lipinski definition) is 1. The molecule has 1 atom stereocenters. The fourth-order valence-corrected chi connectivity index (χ4v) is 0.878. The number of rotatable bonds is 5. The van der Waals surface area contributed by atoms with Crippen molar-refractivity contribution >= 4 is 5.91 Å². The average Bonchev–Trinajstić information content (AvgIpc) is 2.11. The van der Waals surface area contributed by atoms with E-state index in [1.165, 1.54) is 0 Å². The molecule has 0 fully saturated rings. The Kier molecular flexibility index (Phi) is 5.66. The molecule has 0 aromatic rings. The molecule has 4 nitrogen and oxygen atoms in total. The van der Waals surface area contributed by atoms with Crippen LogP contribution in [0, 0.1) is 5.92 Å². The average molecular weight is 188 g/mol. The van der Waals surface area contributed by atoms with Gasteiger partial charge < -0.3 is 15.4 Å². The molecule has 0 aliphatic heterocycles. The Morgan fingerprint density at radius 3 is 2.46 bits per heavy atom. The second-order valence-electron chi connectivity index (χ2n) is 3.52. The summed E-state index contributed by atoms with van der Waals surface area (Å²) in [4.78, 5) is 13.1. The predicted molar refractivity (Wildman–Crippen MR) is 52.3 cm³/mol. The number of carbonyl (C=O) groups excluding carboxylic acids is 1. The molecular formula is C9H20N2O2. The molecule has 13 heavy (non-hydrogen) atoms. The summed E-state index contributed by atoms with van der Waals surface area (Å²) >= 11 is 0. The maximum atomic E-state index is 11.5. The van der Waals surface area contributed by atoms with Gasteiger partial charge in [-0.05, 0) is 5.92 Å². The number of carbonyl (C=O) groups is 1. The normalized spacial score (nSPS) is 13.1. The number of likely N-dealkylation sites (N-methyl/N-ethyl adjacent to an activating group) is 1. The van der Waals surface area contributed by atoms with E-state index in [9.17, 15) is 4.79 Å². The molecule has 0 saturated carbocycles. The van der Waals surface area contributed by atoms with Crippen LogP contribution in [0.1, 0.15) is 13.8 Å². The molecule has 0 radical (unpaired) electrons. The lowest BCUT2D eigenvalue weighted by atomic mass is 10.0. The van der Waals surface area contributed by atoms with Crippen molar-refractivity contribution in [3.05, 3.63) is 0 Å². The van der Waals surface area contributed by atoms with E-state index in [1.54, 1.807) is 19.1 Å². The van der Waals surface area contributed by atoms with Gasteiger partial charge in [0.2, 0.25) is 5.91 Å². The lowest BCUT2D eigenvalue weighted by Gasteiger charge is -2.22. The highest BCUT2D eigenvalue weighted by Gasteiger charge is 2.20. The van der Waals surface area contributed by atoms with Crippen molar-refractivity contribution < 1.29 is 9.53 Å². The van der Waals surface area contributed by atoms with E-state index >= 15 is 0 Å². The standard InChI is InChI=1S/C9H20N2O2/c1-7(2)8(10)9(12)11(3)5-6-13-4/h7-8H,5-6,10H2,1-4H3. The summed E-state index contributed by atoms with van der Waals surface area (Å²) < 4.78 is 4.87. The van der Waals surface area contributed by atoms with Crippen molar-refractivity contribution in [1.82, 2.24) is 4.90 Å². The number of ether oxygens (including phenoxy) is 1. The SMILES string of the molecule is COCCN(C)C(=O)C(N)C(C)C. The molecule has 0 aromatic heterocycles. The van der Waals surface area contributed by atoms with Crippen molar-refractivity contribution in [2.24, 2.45) is 11.7 Å². The zero-order valence-electron chi connectivity index (χ0n) is 8.91. The maximum absolute atomic E-state index is 11.5. The third-order valence-corrected chi connectivity index (χ3v) is 2.01. The monoisotopic (exact) mass is 188 g/mol. The third kappa shape index (κ3) is 4.24. The first-order valence-electron chi connectivity index (χ1n) is 4.50. The number of nitrogens with two attached hydrogens (primary N) is 1. The second kappa shape index (κ2) is 5.94. The molecule has 0 rings (SSSR count). The molecule has 0 saturated heterocycles. The Morgan fingerprint density at radius 2 is 2.08 bits per heavy atom. The summed E-state index contributed by atoms with van der Waals surface area (Å²) in [6.07, 6.45) is 0. The number of amides is 1. The van der Waals surface area contributed by atoms with Crippen molar-refractivity contribution in [3.63, 3.8) is 0 Å². The van der Waals surface area contributed by atoms with Crippen molar-refractivity contribution in [2.45, 2.75) is 19.9 Å². The Bertz CT molecular complexity index is 160. The highest BCUT2D eigenvalue weighted by atomic mass is 16.5. The van der Waals surface area contributed by atoms with E-state index in [0.29, 0.717) is 13.2 Å². The molecule has 1 amide bonds. The summed E-state index contributed by atoms with van der Waals surface area (Å²) in [6.45, 7) is 5.02. The predicted octanol–water partition coefficient (Wildman–Crippen LogP) is 0.0745. The van der Waals surface area contributed by atoms with Gasteiger partial charge in [-0.2, -0.15) is 0 Å². The van der Waals surface area contributed by atoms with Crippen molar-refractivity contribution in [1.29, 1.82) is 0 Å². The Hall–Kier alpha value is -0.610. The zero-order chi connectivity index (χ0) is 10.4. The lowest BCUT2D eigenvalue weighted by molar-refractivity contribution is -0.132. The summed E-state index contributed by atoms with van der Waals surface area (Å²) in [5, 5.41) is 0. The summed E-state index contributed by atoms with van der Waals surface area (Å²) in [7, 11) is 3.35. The van der Waals surface area contributed by atoms with Crippen LogP contribution in [-0.2, 0) is 9.53 Å². The molecule has 0 aromatic carbocycles. The summed E-state index contributed by atoms with van der Waals surface area (Å²) in [5.41, 5.74) is 5.70. The molecular weight excluding hydrogens is 168 g/mol. The van der Waals surface area contributed by atoms with Crippen LogP contribution in [0.3, 0.4) is 0 Å². The molecule has 78 valence electrons. The van der Waals surface area contributed by atoms with Gasteiger partial charge in [0.25, 0.3) is 0 Å². The van der Waals surface area contributed by atoms with Crippen LogP contribution >= 0.6 is 0 Å². The highest BCUT2D eigenvalue weighted by molar-refractivity contribution is 5.81. The molecule has 2 N–H and O–H groups in total. The molecule has 4 heteroatoms. The first-order valence-corrected chi connectivity index (χ1v) is 4.50. The Morgan fingerprint density at radius 1 is 1.54 bits per heavy atom. The third-order valence-electron chi connectivity index (χ3n) is 2.01. The van der Waals surface area contributed by atoms with Crippen LogP contribution in [0.5, 0.6) is 0 Å². The fraction of sp³-hybridized carbons (Fsp3) is 0.889. The van der Waals surface area contributed by atoms with E-state index in [0.717, 1.165) is 0 Å². The highest BCUT2D eigenvalue weighted by Crippen LogP contribution is 2.01. The first kappa shape index (κ1) is 12.4. The topological polar surface area (TPSA) is 55.6 Å². The zero-order valence-corrected chi connectivity index (χ0v) is 8.91. The van der Waals surface area contributed by atoms with Crippen LogP contribution in [0.25, 0.3) is 0 Å². The largest absolute Gasteiger partial charge is 0.383 e. The maximum Gasteiger partial charge on any atom is 0.239 e. The van der Waals surface area contributed by atoms with Gasteiger partial charge in [0.05, 0.1) is 12.6 Å². The molecule has 1 unspecified atom stereocenters. The van der Waals surface area contributed by atoms with E-state index < -0.39 is 6.04 Å². The van der Waals surface area contributed by atoms with Gasteiger partial charge in [0.15, 0.2) is 0 Å². The number of hydrogen-bond acceptors (Lipinski definition) is 3. The quantitative estimate of drug-likeness (QED) is 0.664. The van der Waals surface area contributed by atoms with Crippen LogP contribution < -0.4 is 5.73 Å². The minimum Gasteiger partial charge on any atom is -0.383 e. The van der Waals surface area contributed by atoms with Crippen LogP contribution in [-0.4, -0.2) is 44.2 Å². The van der Waals surface area contributed by atoms with Gasteiger partial charge in [-0.15, -0.1) is 0 Å². The molecule has 0 aliphatic carbocycles. The van der Waals surface area contributed by atoms with Gasteiger partial charge in [-0.25, -0.2) is 0 Å². The van der Waals surface area contributed by atoms with Gasteiger partial charge >= 0.3 is 0 Å². The van der Waals surface area contributed by atoms with Crippen molar-refractivity contribution in [3.8, 4) is 0 Å². The van der Waals surface area contributed by atoms with Crippen LogP contribution in [0.4, 0.5) is 0 Å². The number of nitrogens with zero attached hydrogens (tertiary/aromatic N) is 1. The minimum absolute atomic E-state index is 0.0212. The van der Waals surface area contributed by atoms with Crippen molar-refractivity contribution in [2.75, 3.05) is 27.3 Å². The minimum atomic E-state index is -0.401. The van der Waals surface area contributed by atoms with Gasteiger partial charge in [0.1, 0.15) is 0 Å².